The van der Waals surface area contributed by atoms with Gasteiger partial charge in [0.25, 0.3) is 0 Å². The highest BCUT2D eigenvalue weighted by Crippen LogP contribution is 2.21. The van der Waals surface area contributed by atoms with Gasteiger partial charge in [0.05, 0.1) is 0 Å². The highest BCUT2D eigenvalue weighted by atomic mass is 127. The van der Waals surface area contributed by atoms with E-state index in [0.717, 1.165) is 12.0 Å². The summed E-state index contributed by atoms with van der Waals surface area (Å²) in [5, 5.41) is 6.82. The van der Waals surface area contributed by atoms with Crippen LogP contribution in [-0.2, 0) is 6.42 Å². The van der Waals surface area contributed by atoms with Gasteiger partial charge in [-0.3, -0.25) is 4.99 Å². The van der Waals surface area contributed by atoms with Crippen LogP contribution in [0.4, 0.5) is 13.2 Å². The molecule has 0 saturated heterocycles. The van der Waals surface area contributed by atoms with Crippen LogP contribution in [0.2, 0.25) is 5.02 Å². The maximum absolute atomic E-state index is 12.0. The lowest BCUT2D eigenvalue weighted by Gasteiger charge is -2.12. The molecule has 0 amide bonds. The molecule has 1 aromatic rings. The molecule has 23 heavy (non-hydrogen) atoms. The van der Waals surface area contributed by atoms with Gasteiger partial charge in [0.2, 0.25) is 0 Å². The maximum atomic E-state index is 12.0. The Labute approximate surface area is 157 Å². The van der Waals surface area contributed by atoms with Gasteiger partial charge in [-0.25, -0.2) is 0 Å². The van der Waals surface area contributed by atoms with Crippen molar-refractivity contribution < 1.29 is 13.2 Å². The number of nitrogens with zero attached hydrogens (tertiary/aromatic N) is 1. The second-order valence-electron chi connectivity index (χ2n) is 4.88. The van der Waals surface area contributed by atoms with Gasteiger partial charge >= 0.3 is 6.18 Å². The average Bonchev–Trinajstić information content (AvgIpc) is 2.44. The number of halogens is 5. The first-order chi connectivity index (χ1) is 10.4. The van der Waals surface area contributed by atoms with Gasteiger partial charge in [0.15, 0.2) is 5.96 Å². The van der Waals surface area contributed by atoms with Gasteiger partial charge in [0, 0.05) is 31.6 Å². The van der Waals surface area contributed by atoms with E-state index in [2.05, 4.69) is 15.6 Å². The molecule has 0 fully saturated rings. The summed E-state index contributed by atoms with van der Waals surface area (Å²) in [5.41, 5.74) is 1.11. The van der Waals surface area contributed by atoms with Crippen molar-refractivity contribution in [1.29, 1.82) is 0 Å². The zero-order valence-electron chi connectivity index (χ0n) is 12.9. The summed E-state index contributed by atoms with van der Waals surface area (Å²) < 4.78 is 36.0. The Morgan fingerprint density at radius 1 is 1.17 bits per heavy atom. The largest absolute Gasteiger partial charge is 0.389 e. The Morgan fingerprint density at radius 2 is 1.87 bits per heavy atom. The van der Waals surface area contributed by atoms with Crippen molar-refractivity contribution in [3.05, 3.63) is 34.9 Å². The fourth-order valence-electron chi connectivity index (χ4n) is 1.90. The number of guanidine groups is 1. The second-order valence-corrected chi connectivity index (χ2v) is 5.31. The van der Waals surface area contributed by atoms with Crippen molar-refractivity contribution in [3.8, 4) is 0 Å². The fraction of sp³-hybridized carbons (Fsp3) is 0.533. The number of hydrogen-bond donors (Lipinski definition) is 2. The van der Waals surface area contributed by atoms with E-state index >= 15 is 0 Å². The van der Waals surface area contributed by atoms with E-state index in [9.17, 15) is 13.2 Å². The lowest BCUT2D eigenvalue weighted by molar-refractivity contribution is -0.135. The van der Waals surface area contributed by atoms with Gasteiger partial charge < -0.3 is 10.6 Å². The summed E-state index contributed by atoms with van der Waals surface area (Å²) in [4.78, 5) is 4.03. The van der Waals surface area contributed by atoms with Crippen LogP contribution in [0.15, 0.2) is 29.3 Å². The third kappa shape index (κ3) is 11.5. The Morgan fingerprint density at radius 3 is 2.48 bits per heavy atom. The van der Waals surface area contributed by atoms with Crippen molar-refractivity contribution in [2.24, 2.45) is 4.99 Å². The maximum Gasteiger partial charge on any atom is 0.389 e. The van der Waals surface area contributed by atoms with Gasteiger partial charge in [-0.15, -0.1) is 24.0 Å². The van der Waals surface area contributed by atoms with Crippen LogP contribution in [0.25, 0.3) is 0 Å². The third-order valence-corrected chi connectivity index (χ3v) is 3.23. The summed E-state index contributed by atoms with van der Waals surface area (Å²) in [6.07, 6.45) is -3.45. The molecule has 132 valence electrons. The van der Waals surface area contributed by atoms with Crippen LogP contribution < -0.4 is 10.6 Å². The minimum absolute atomic E-state index is 0. The van der Waals surface area contributed by atoms with Crippen molar-refractivity contribution >= 4 is 41.5 Å². The van der Waals surface area contributed by atoms with Crippen LogP contribution >= 0.6 is 35.6 Å². The van der Waals surface area contributed by atoms with E-state index in [0.29, 0.717) is 30.5 Å². The number of benzene rings is 1. The predicted octanol–water partition coefficient (Wildman–Crippen LogP) is 4.40. The molecular formula is C15H22ClF3IN3. The summed E-state index contributed by atoms with van der Waals surface area (Å²) >= 11 is 5.91. The zero-order valence-corrected chi connectivity index (χ0v) is 16.0. The molecule has 2 N–H and O–H groups in total. The molecule has 3 nitrogen and oxygen atoms in total. The summed E-state index contributed by atoms with van der Waals surface area (Å²) in [6, 6.07) is 7.60. The number of alkyl halides is 3. The highest BCUT2D eigenvalue weighted by Gasteiger charge is 2.25. The van der Waals surface area contributed by atoms with Crippen LogP contribution in [0, 0.1) is 0 Å². The molecule has 0 saturated carbocycles. The van der Waals surface area contributed by atoms with E-state index in [1.165, 1.54) is 0 Å². The van der Waals surface area contributed by atoms with Crippen LogP contribution in [0.1, 0.15) is 24.8 Å². The molecule has 0 aromatic heterocycles. The molecule has 0 heterocycles. The van der Waals surface area contributed by atoms with Crippen LogP contribution in [0.5, 0.6) is 0 Å². The summed E-state index contributed by atoms with van der Waals surface area (Å²) in [6.45, 7) is 1.13. The van der Waals surface area contributed by atoms with Gasteiger partial charge in [-0.2, -0.15) is 13.2 Å². The summed E-state index contributed by atoms with van der Waals surface area (Å²) in [7, 11) is 1.63. The van der Waals surface area contributed by atoms with Crippen LogP contribution in [0.3, 0.4) is 0 Å². The van der Waals surface area contributed by atoms with E-state index in [4.69, 9.17) is 11.6 Å². The van der Waals surface area contributed by atoms with Gasteiger partial charge in [-0.1, -0.05) is 23.7 Å². The first-order valence-electron chi connectivity index (χ1n) is 7.16. The molecule has 0 bridgehead atoms. The SMILES string of the molecule is CN=C(NCCCCC(F)(F)F)NCCc1cccc(Cl)c1.I. The lowest BCUT2D eigenvalue weighted by atomic mass is 10.1. The van der Waals surface area contributed by atoms with Crippen LogP contribution in [-0.4, -0.2) is 32.3 Å². The van der Waals surface area contributed by atoms with Crippen molar-refractivity contribution in [1.82, 2.24) is 10.6 Å². The molecule has 0 unspecified atom stereocenters. The zero-order chi connectivity index (χ0) is 16.4. The second kappa shape index (κ2) is 11.8. The molecule has 0 aliphatic rings. The van der Waals surface area contributed by atoms with E-state index < -0.39 is 12.6 Å². The quantitative estimate of drug-likeness (QED) is 0.272. The topological polar surface area (TPSA) is 36.4 Å². The third-order valence-electron chi connectivity index (χ3n) is 3.00. The fourth-order valence-corrected chi connectivity index (χ4v) is 2.11. The minimum Gasteiger partial charge on any atom is -0.356 e. The molecule has 0 spiro atoms. The predicted molar refractivity (Wildman–Crippen MR) is 99.8 cm³/mol. The van der Waals surface area contributed by atoms with Crippen molar-refractivity contribution in [2.45, 2.75) is 31.9 Å². The number of rotatable bonds is 7. The highest BCUT2D eigenvalue weighted by molar-refractivity contribution is 14.0. The Bertz CT molecular complexity index is 481. The minimum atomic E-state index is -4.07. The Hall–Kier alpha value is -0.700. The number of nitrogens with one attached hydrogen (secondary N) is 2. The van der Waals surface area contributed by atoms with Gasteiger partial charge in [0.1, 0.15) is 0 Å². The number of hydrogen-bond acceptors (Lipinski definition) is 1. The molecule has 0 aliphatic carbocycles. The molecule has 8 heteroatoms. The molecule has 0 aliphatic heterocycles. The molecular weight excluding hydrogens is 442 g/mol. The number of unbranched alkanes of at least 4 members (excludes halogenated alkanes) is 1. The Balaban J connectivity index is 0.00000484. The summed E-state index contributed by atoms with van der Waals surface area (Å²) in [5.74, 6) is 0.592. The molecule has 0 atom stereocenters. The normalized spacial score (nSPS) is 11.8. The number of aliphatic imine (C=N–C) groups is 1. The Kier molecular flexibility index (Phi) is 11.4. The monoisotopic (exact) mass is 463 g/mol. The first kappa shape index (κ1) is 22.3. The lowest BCUT2D eigenvalue weighted by Crippen LogP contribution is -2.38. The molecule has 1 aromatic carbocycles. The first-order valence-corrected chi connectivity index (χ1v) is 7.54. The smallest absolute Gasteiger partial charge is 0.356 e. The van der Waals surface area contributed by atoms with E-state index in [-0.39, 0.29) is 30.4 Å². The van der Waals surface area contributed by atoms with Crippen molar-refractivity contribution in [2.75, 3.05) is 20.1 Å². The molecule has 0 radical (unpaired) electrons. The molecule has 1 rings (SSSR count). The standard InChI is InChI=1S/C15H21ClF3N3.HI/c1-20-14(21-9-3-2-8-15(17,18)19)22-10-7-12-5-4-6-13(16)11-12;/h4-6,11H,2-3,7-10H2,1H3,(H2,20,21,22);1H. The van der Waals surface area contributed by atoms with E-state index in [1.807, 2.05) is 24.3 Å². The van der Waals surface area contributed by atoms with Crippen molar-refractivity contribution in [3.63, 3.8) is 0 Å². The van der Waals surface area contributed by atoms with E-state index in [1.54, 1.807) is 7.05 Å². The van der Waals surface area contributed by atoms with Gasteiger partial charge in [-0.05, 0) is 37.0 Å². The average molecular weight is 464 g/mol.